The minimum atomic E-state index is -5.29. The van der Waals surface area contributed by atoms with Crippen LogP contribution < -0.4 is 31.9 Å². The molecule has 0 aliphatic carbocycles. The van der Waals surface area contributed by atoms with E-state index in [4.69, 9.17) is 26.8 Å². The molecule has 1 aliphatic rings. The summed E-state index contributed by atoms with van der Waals surface area (Å²) < 4.78 is 61.1. The molecule has 22 heteroatoms. The van der Waals surface area contributed by atoms with Crippen LogP contribution in [0.3, 0.4) is 0 Å². The molecule has 0 spiro atoms. The molecule has 2 amide bonds. The van der Waals surface area contributed by atoms with Crippen molar-refractivity contribution in [2.45, 2.75) is 44.1 Å². The van der Waals surface area contributed by atoms with Crippen LogP contribution in [0.5, 0.6) is 5.75 Å². The summed E-state index contributed by atoms with van der Waals surface area (Å²) >= 11 is 0.914. The number of anilines is 1. The summed E-state index contributed by atoms with van der Waals surface area (Å²) in [5, 5.41) is 17.3. The predicted octanol–water partition coefficient (Wildman–Crippen LogP) is -1.81. The predicted molar refractivity (Wildman–Crippen MR) is 163 cm³/mol. The number of nitrogen functional groups attached to an aromatic ring is 1. The molecule has 0 saturated carbocycles. The molecular formula is C26H32FN9O10S2. The van der Waals surface area contributed by atoms with Gasteiger partial charge in [0.15, 0.2) is 17.9 Å². The Hall–Kier alpha value is -4.74. The van der Waals surface area contributed by atoms with E-state index in [0.717, 1.165) is 17.4 Å². The van der Waals surface area contributed by atoms with Crippen molar-refractivity contribution in [3.05, 3.63) is 47.5 Å². The Morgan fingerprint density at radius 1 is 1.35 bits per heavy atom. The zero-order valence-corrected chi connectivity index (χ0v) is 27.2. The van der Waals surface area contributed by atoms with E-state index in [-0.39, 0.29) is 39.8 Å². The van der Waals surface area contributed by atoms with Crippen LogP contribution in [0.25, 0.3) is 11.1 Å². The molecule has 1 aromatic carbocycles. The molecule has 8 N–H and O–H groups in total. The van der Waals surface area contributed by atoms with E-state index in [0.29, 0.717) is 12.1 Å². The molecule has 3 heterocycles. The van der Waals surface area contributed by atoms with Crippen LogP contribution in [-0.4, -0.2) is 93.2 Å². The van der Waals surface area contributed by atoms with Crippen LogP contribution in [0.1, 0.15) is 19.5 Å². The van der Waals surface area contributed by atoms with Gasteiger partial charge in [-0.3, -0.25) is 9.59 Å². The number of oxime groups is 1. The monoisotopic (exact) mass is 713 g/mol. The fourth-order valence-corrected chi connectivity index (χ4v) is 5.46. The highest BCUT2D eigenvalue weighted by molar-refractivity contribution is 7.80. The van der Waals surface area contributed by atoms with Gasteiger partial charge in [0.05, 0.1) is 23.8 Å². The number of hydroxylamine groups is 2. The molecule has 19 nitrogen and oxygen atoms in total. The number of β-lactam (4-membered cyclic amide) rings is 1. The highest BCUT2D eigenvalue weighted by Gasteiger charge is 2.57. The van der Waals surface area contributed by atoms with E-state index in [2.05, 4.69) is 19.7 Å². The SMILES string of the molecule is C[n+]1cc(-c2ccc(OC[C@H](O/N=C(\C(=O)N[C@@H]3C(=O)N(OS(=O)(=O)[O-])C3(C)C)c3csc(N)n3)C(=O)O)cc2F)cn1C[C@H](N)CN. The van der Waals surface area contributed by atoms with Gasteiger partial charge in [-0.05, 0) is 26.0 Å². The third kappa shape index (κ3) is 8.21. The number of amides is 2. The quantitative estimate of drug-likeness (QED) is 0.0290. The molecule has 0 unspecified atom stereocenters. The summed E-state index contributed by atoms with van der Waals surface area (Å²) in [6.45, 7) is 2.61. The molecule has 0 bridgehead atoms. The second-order valence-corrected chi connectivity index (χ2v) is 12.8. The van der Waals surface area contributed by atoms with Gasteiger partial charge in [0.2, 0.25) is 16.6 Å². The van der Waals surface area contributed by atoms with Gasteiger partial charge in [-0.15, -0.1) is 16.0 Å². The number of carboxylic acids is 1. The molecule has 0 radical (unpaired) electrons. The summed E-state index contributed by atoms with van der Waals surface area (Å²) in [5.74, 6) is -4.41. The molecular weight excluding hydrogens is 681 g/mol. The van der Waals surface area contributed by atoms with Crippen LogP contribution in [0, 0.1) is 5.82 Å². The Morgan fingerprint density at radius 3 is 2.62 bits per heavy atom. The zero-order valence-electron chi connectivity index (χ0n) is 25.6. The lowest BCUT2D eigenvalue weighted by Crippen LogP contribution is -2.76. The molecule has 1 fully saturated rings. The Balaban J connectivity index is 1.47. The minimum absolute atomic E-state index is 0.0128. The molecule has 48 heavy (non-hydrogen) atoms. The van der Waals surface area contributed by atoms with Crippen LogP contribution in [0.2, 0.25) is 0 Å². The Morgan fingerprint density at radius 2 is 2.06 bits per heavy atom. The largest absolute Gasteiger partial charge is 0.724 e. The average Bonchev–Trinajstić information content (AvgIpc) is 3.59. The lowest BCUT2D eigenvalue weighted by Gasteiger charge is -2.51. The van der Waals surface area contributed by atoms with Crippen molar-refractivity contribution < 1.29 is 55.4 Å². The maximum atomic E-state index is 15.1. The highest BCUT2D eigenvalue weighted by Crippen LogP contribution is 2.33. The molecule has 260 valence electrons. The Kier molecular flexibility index (Phi) is 10.7. The van der Waals surface area contributed by atoms with Crippen LogP contribution in [-0.2, 0) is 47.5 Å². The third-order valence-electron chi connectivity index (χ3n) is 7.04. The number of ether oxygens (including phenoxy) is 1. The van der Waals surface area contributed by atoms with Crippen molar-refractivity contribution >= 4 is 50.4 Å². The number of carbonyl (C=O) groups excluding carboxylic acids is 2. The van der Waals surface area contributed by atoms with Crippen LogP contribution >= 0.6 is 11.3 Å². The fraction of sp³-hybridized carbons (Fsp3) is 0.385. The molecule has 3 atom stereocenters. The Bertz CT molecular complexity index is 1850. The number of aryl methyl sites for hydroxylation is 1. The normalized spacial score (nSPS) is 17.4. The van der Waals surface area contributed by atoms with Gasteiger partial charge < -0.3 is 41.8 Å². The van der Waals surface area contributed by atoms with Crippen LogP contribution in [0.15, 0.2) is 41.1 Å². The number of aromatic nitrogens is 3. The van der Waals surface area contributed by atoms with E-state index >= 15 is 4.39 Å². The Labute approximate surface area is 276 Å². The third-order valence-corrected chi connectivity index (χ3v) is 8.05. The number of nitrogens with two attached hydrogens (primary N) is 3. The van der Waals surface area contributed by atoms with Gasteiger partial charge in [-0.25, -0.2) is 22.6 Å². The van der Waals surface area contributed by atoms with Crippen molar-refractivity contribution in [2.75, 3.05) is 18.9 Å². The number of hydrogen-bond donors (Lipinski definition) is 5. The molecule has 3 aromatic rings. The molecule has 2 aromatic heterocycles. The fourth-order valence-electron chi connectivity index (χ4n) is 4.47. The topological polar surface area (TPSA) is 284 Å². The van der Waals surface area contributed by atoms with E-state index in [1.165, 1.54) is 31.4 Å². The van der Waals surface area contributed by atoms with Gasteiger partial charge in [0.1, 0.15) is 29.9 Å². The molecule has 1 saturated heterocycles. The second kappa shape index (κ2) is 14.2. The van der Waals surface area contributed by atoms with Gasteiger partial charge in [0, 0.05) is 29.6 Å². The summed E-state index contributed by atoms with van der Waals surface area (Å²) in [4.78, 5) is 46.7. The van der Waals surface area contributed by atoms with Gasteiger partial charge in [-0.2, -0.15) is 14.0 Å². The van der Waals surface area contributed by atoms with Crippen LogP contribution in [0.4, 0.5) is 9.52 Å². The number of aliphatic carboxylic acids is 1. The van der Waals surface area contributed by atoms with Gasteiger partial charge >= 0.3 is 5.97 Å². The first-order chi connectivity index (χ1) is 22.4. The van der Waals surface area contributed by atoms with E-state index < -0.39 is 64.0 Å². The van der Waals surface area contributed by atoms with E-state index in [1.54, 1.807) is 28.8 Å². The van der Waals surface area contributed by atoms with Crippen molar-refractivity contribution in [1.29, 1.82) is 0 Å². The number of rotatable bonds is 15. The number of nitrogens with zero attached hydrogens (tertiary/aromatic N) is 5. The highest BCUT2D eigenvalue weighted by atomic mass is 32.3. The maximum absolute atomic E-state index is 15.1. The van der Waals surface area contributed by atoms with Crippen molar-refractivity contribution in [2.24, 2.45) is 23.7 Å². The number of carboxylic acid groups (broad SMARTS) is 1. The van der Waals surface area contributed by atoms with Crippen molar-refractivity contribution in [3.63, 3.8) is 0 Å². The number of thiazole rings is 1. The lowest BCUT2D eigenvalue weighted by molar-refractivity contribution is -0.753. The van der Waals surface area contributed by atoms with Gasteiger partial charge in [-0.1, -0.05) is 5.16 Å². The molecule has 1 aliphatic heterocycles. The van der Waals surface area contributed by atoms with Gasteiger partial charge in [0.25, 0.3) is 17.9 Å². The summed E-state index contributed by atoms with van der Waals surface area (Å²) in [6.07, 6.45) is 1.58. The molecule has 4 rings (SSSR count). The maximum Gasteiger partial charge on any atom is 0.351 e. The number of hydrogen-bond acceptors (Lipinski definition) is 15. The smallest absolute Gasteiger partial charge is 0.351 e. The standard InChI is InChI=1S/C26H32FN9O10S2/c1-26(2)21(23(38)36(26)46-48(41,42)43)32-22(37)20(18-12-47-25(30)31-18)33-45-19(24(39)40)11-44-15-4-5-16(17(27)6-15)13-8-34(3)35(9-13)10-14(29)7-28/h4-6,8-9,12,14,19,21H,7,10-11,28-29H2,1-3H3,(H4-,30,31,32,37,39,40,41,42,43)/b33-20-/t14-,19+,21-/m1/s1. The van der Waals surface area contributed by atoms with Crippen molar-refractivity contribution in [3.8, 4) is 16.9 Å². The second-order valence-electron chi connectivity index (χ2n) is 11.0. The summed E-state index contributed by atoms with van der Waals surface area (Å²) in [5.41, 5.74) is 15.7. The van der Waals surface area contributed by atoms with E-state index in [1.807, 2.05) is 0 Å². The zero-order chi connectivity index (χ0) is 35.6. The van der Waals surface area contributed by atoms with Crippen molar-refractivity contribution in [1.82, 2.24) is 20.0 Å². The minimum Gasteiger partial charge on any atom is -0.724 e. The first-order valence-corrected chi connectivity index (χ1v) is 16.0. The first-order valence-electron chi connectivity index (χ1n) is 13.8. The first kappa shape index (κ1) is 36.1. The average molecular weight is 714 g/mol. The summed E-state index contributed by atoms with van der Waals surface area (Å²) in [7, 11) is -3.53. The number of carbonyl (C=O) groups is 3. The van der Waals surface area contributed by atoms with E-state index in [9.17, 15) is 32.5 Å². The number of benzene rings is 1. The number of halogens is 1. The lowest BCUT2D eigenvalue weighted by atomic mass is 9.84. The summed E-state index contributed by atoms with van der Waals surface area (Å²) in [6, 6.07) is 2.23. The number of nitrogens with one attached hydrogen (secondary N) is 1.